The minimum absolute atomic E-state index is 0.105. The Bertz CT molecular complexity index is 1030. The summed E-state index contributed by atoms with van der Waals surface area (Å²) in [4.78, 5) is 23.5. The number of aromatic nitrogens is 1. The van der Waals surface area contributed by atoms with Gasteiger partial charge in [-0.3, -0.25) is 4.79 Å². The number of aldehydes is 1. The maximum Gasteiger partial charge on any atom is 0.341 e. The zero-order valence-corrected chi connectivity index (χ0v) is 18.0. The summed E-state index contributed by atoms with van der Waals surface area (Å²) in [7, 11) is 0. The van der Waals surface area contributed by atoms with Crippen molar-refractivity contribution in [3.63, 3.8) is 0 Å². The maximum atomic E-state index is 14.8. The molecule has 0 amide bonds. The van der Waals surface area contributed by atoms with Gasteiger partial charge in [-0.25, -0.2) is 9.18 Å². The standard InChI is InChI=1S/C23H21BrFNO4/c1-2-30-23(28)20-10-6-9-17(21(20)25)11-18-12-19(13-27)26(22(18)24)15-29-14-16-7-4-3-5-8-16/h3-10,12-13H,2,11,14-15H2,1H3. The number of hydrogen-bond donors (Lipinski definition) is 0. The number of esters is 1. The lowest BCUT2D eigenvalue weighted by Gasteiger charge is -2.10. The predicted octanol–water partition coefficient (Wildman–Crippen LogP) is 5.14. The van der Waals surface area contributed by atoms with Gasteiger partial charge in [0.15, 0.2) is 6.29 Å². The van der Waals surface area contributed by atoms with Crippen LogP contribution in [0.4, 0.5) is 4.39 Å². The molecule has 1 aromatic heterocycles. The van der Waals surface area contributed by atoms with Crippen molar-refractivity contribution in [2.75, 3.05) is 6.61 Å². The number of nitrogens with zero attached hydrogens (tertiary/aromatic N) is 1. The van der Waals surface area contributed by atoms with E-state index in [0.29, 0.717) is 28.0 Å². The molecule has 30 heavy (non-hydrogen) atoms. The lowest BCUT2D eigenvalue weighted by molar-refractivity contribution is 0.0520. The molecule has 0 aliphatic rings. The highest BCUT2D eigenvalue weighted by molar-refractivity contribution is 9.10. The fourth-order valence-electron chi connectivity index (χ4n) is 3.07. The Labute approximate surface area is 182 Å². The van der Waals surface area contributed by atoms with E-state index in [1.54, 1.807) is 29.7 Å². The number of carbonyl (C=O) groups is 2. The quantitative estimate of drug-likeness (QED) is 0.318. The van der Waals surface area contributed by atoms with Crippen LogP contribution in [0, 0.1) is 5.82 Å². The van der Waals surface area contributed by atoms with Gasteiger partial charge in [0.25, 0.3) is 0 Å². The summed E-state index contributed by atoms with van der Waals surface area (Å²) < 4.78 is 27.8. The Morgan fingerprint density at radius 1 is 1.13 bits per heavy atom. The molecule has 0 atom stereocenters. The summed E-state index contributed by atoms with van der Waals surface area (Å²) in [6.07, 6.45) is 0.928. The van der Waals surface area contributed by atoms with Gasteiger partial charge >= 0.3 is 5.97 Å². The summed E-state index contributed by atoms with van der Waals surface area (Å²) in [5.74, 6) is -1.32. The number of hydrogen-bond acceptors (Lipinski definition) is 4. The third-order valence-electron chi connectivity index (χ3n) is 4.54. The second-order valence-corrected chi connectivity index (χ2v) is 7.32. The number of benzene rings is 2. The largest absolute Gasteiger partial charge is 0.462 e. The number of halogens is 2. The number of ether oxygens (including phenoxy) is 2. The van der Waals surface area contributed by atoms with Crippen molar-refractivity contribution in [3.05, 3.63) is 93.0 Å². The second kappa shape index (κ2) is 10.3. The van der Waals surface area contributed by atoms with E-state index in [9.17, 15) is 14.0 Å². The molecular formula is C23H21BrFNO4. The zero-order chi connectivity index (χ0) is 21.5. The van der Waals surface area contributed by atoms with E-state index in [0.717, 1.165) is 11.8 Å². The van der Waals surface area contributed by atoms with E-state index in [1.807, 2.05) is 30.3 Å². The smallest absolute Gasteiger partial charge is 0.341 e. The summed E-state index contributed by atoms with van der Waals surface area (Å²) in [6.45, 7) is 2.40. The Hall–Kier alpha value is -2.77. The lowest BCUT2D eigenvalue weighted by Crippen LogP contribution is -2.09. The fraction of sp³-hybridized carbons (Fsp3) is 0.217. The average Bonchev–Trinajstić information content (AvgIpc) is 3.05. The van der Waals surface area contributed by atoms with Gasteiger partial charge in [-0.2, -0.15) is 0 Å². The Balaban J connectivity index is 1.78. The molecule has 0 saturated carbocycles. The molecule has 1 heterocycles. The third-order valence-corrected chi connectivity index (χ3v) is 5.48. The molecular weight excluding hydrogens is 453 g/mol. The normalized spacial score (nSPS) is 10.8. The summed E-state index contributed by atoms with van der Waals surface area (Å²) in [5.41, 5.74) is 2.37. The average molecular weight is 474 g/mol. The van der Waals surface area contributed by atoms with Crippen LogP contribution in [0.5, 0.6) is 0 Å². The van der Waals surface area contributed by atoms with E-state index in [2.05, 4.69) is 15.9 Å². The van der Waals surface area contributed by atoms with Crippen molar-refractivity contribution in [2.45, 2.75) is 26.7 Å². The molecule has 5 nitrogen and oxygen atoms in total. The zero-order valence-electron chi connectivity index (χ0n) is 16.4. The first-order chi connectivity index (χ1) is 14.5. The maximum absolute atomic E-state index is 14.8. The first-order valence-corrected chi connectivity index (χ1v) is 10.2. The summed E-state index contributed by atoms with van der Waals surface area (Å²) in [6, 6.07) is 16.0. The van der Waals surface area contributed by atoms with Crippen LogP contribution in [-0.4, -0.2) is 23.4 Å². The lowest BCUT2D eigenvalue weighted by atomic mass is 10.0. The fourth-order valence-corrected chi connectivity index (χ4v) is 3.63. The van der Waals surface area contributed by atoms with Crippen LogP contribution >= 0.6 is 15.9 Å². The Morgan fingerprint density at radius 3 is 2.60 bits per heavy atom. The van der Waals surface area contributed by atoms with Crippen LogP contribution in [-0.2, 0) is 29.2 Å². The van der Waals surface area contributed by atoms with Gasteiger partial charge in [-0.05, 0) is 51.7 Å². The minimum atomic E-state index is -0.698. The van der Waals surface area contributed by atoms with Gasteiger partial charge in [-0.15, -0.1) is 0 Å². The van der Waals surface area contributed by atoms with Crippen molar-refractivity contribution in [1.82, 2.24) is 4.57 Å². The van der Waals surface area contributed by atoms with Crippen LogP contribution in [0.15, 0.2) is 59.2 Å². The number of carbonyl (C=O) groups excluding carboxylic acids is 2. The summed E-state index contributed by atoms with van der Waals surface area (Å²) >= 11 is 3.49. The first-order valence-electron chi connectivity index (χ1n) is 9.44. The highest BCUT2D eigenvalue weighted by Gasteiger charge is 2.19. The van der Waals surface area contributed by atoms with Gasteiger partial charge in [-0.1, -0.05) is 42.5 Å². The summed E-state index contributed by atoms with van der Waals surface area (Å²) in [5, 5.41) is 0. The Morgan fingerprint density at radius 2 is 1.90 bits per heavy atom. The monoisotopic (exact) mass is 473 g/mol. The highest BCUT2D eigenvalue weighted by Crippen LogP contribution is 2.26. The van der Waals surface area contributed by atoms with Crippen LogP contribution < -0.4 is 0 Å². The van der Waals surface area contributed by atoms with Crippen LogP contribution in [0.2, 0.25) is 0 Å². The molecule has 0 fully saturated rings. The molecule has 3 rings (SSSR count). The van der Waals surface area contributed by atoms with Crippen molar-refractivity contribution in [2.24, 2.45) is 0 Å². The molecule has 0 aliphatic heterocycles. The van der Waals surface area contributed by atoms with Gasteiger partial charge in [0.1, 0.15) is 12.5 Å². The topological polar surface area (TPSA) is 57.5 Å². The van der Waals surface area contributed by atoms with E-state index >= 15 is 0 Å². The van der Waals surface area contributed by atoms with Gasteiger partial charge in [0.2, 0.25) is 0 Å². The van der Waals surface area contributed by atoms with Crippen LogP contribution in [0.1, 0.15) is 44.5 Å². The van der Waals surface area contributed by atoms with Gasteiger partial charge < -0.3 is 14.0 Å². The van der Waals surface area contributed by atoms with Crippen molar-refractivity contribution < 1.29 is 23.5 Å². The molecule has 2 aromatic carbocycles. The van der Waals surface area contributed by atoms with Crippen molar-refractivity contribution >= 4 is 28.2 Å². The number of rotatable bonds is 9. The van der Waals surface area contributed by atoms with Crippen LogP contribution in [0.25, 0.3) is 0 Å². The first kappa shape index (κ1) is 21.9. The molecule has 0 unspecified atom stereocenters. The molecule has 0 bridgehead atoms. The van der Waals surface area contributed by atoms with E-state index < -0.39 is 11.8 Å². The molecule has 0 radical (unpaired) electrons. The molecule has 0 N–H and O–H groups in total. The molecule has 7 heteroatoms. The minimum Gasteiger partial charge on any atom is -0.462 e. The van der Waals surface area contributed by atoms with E-state index in [4.69, 9.17) is 9.47 Å². The molecule has 0 spiro atoms. The van der Waals surface area contributed by atoms with Gasteiger partial charge in [0, 0.05) is 6.42 Å². The SMILES string of the molecule is CCOC(=O)c1cccc(Cc2cc(C=O)n(COCc3ccccc3)c2Br)c1F. The third kappa shape index (κ3) is 5.04. The van der Waals surface area contributed by atoms with Crippen LogP contribution in [0.3, 0.4) is 0 Å². The molecule has 156 valence electrons. The molecule has 0 saturated heterocycles. The molecule has 3 aromatic rings. The van der Waals surface area contributed by atoms with Gasteiger partial charge in [0.05, 0.1) is 29.1 Å². The highest BCUT2D eigenvalue weighted by atomic mass is 79.9. The van der Waals surface area contributed by atoms with E-state index in [-0.39, 0.29) is 25.3 Å². The second-order valence-electron chi connectivity index (χ2n) is 6.57. The molecule has 0 aliphatic carbocycles. The van der Waals surface area contributed by atoms with Crippen molar-refractivity contribution in [3.8, 4) is 0 Å². The predicted molar refractivity (Wildman–Crippen MR) is 114 cm³/mol. The van der Waals surface area contributed by atoms with E-state index in [1.165, 1.54) is 6.07 Å². The Kier molecular flexibility index (Phi) is 7.54. The van der Waals surface area contributed by atoms with Crippen molar-refractivity contribution in [1.29, 1.82) is 0 Å².